The summed E-state index contributed by atoms with van der Waals surface area (Å²) in [5.41, 5.74) is 0.952. The lowest BCUT2D eigenvalue weighted by molar-refractivity contribution is 0.0519. The van der Waals surface area contributed by atoms with Gasteiger partial charge in [0.25, 0.3) is 0 Å². The topological polar surface area (TPSA) is 80.0 Å². The van der Waals surface area contributed by atoms with Gasteiger partial charge in [-0.05, 0) is 24.6 Å². The van der Waals surface area contributed by atoms with Crippen LogP contribution in [0.1, 0.15) is 23.0 Å². The number of aromatic nitrogens is 1. The molecule has 0 unspecified atom stereocenters. The van der Waals surface area contributed by atoms with Crippen molar-refractivity contribution in [3.8, 4) is 17.6 Å². The fraction of sp³-hybridized carbons (Fsp3) is 0.286. The first-order valence-electron chi connectivity index (χ1n) is 6.40. The molecule has 21 heavy (non-hydrogen) atoms. The van der Waals surface area contributed by atoms with Crippen LogP contribution in [0.25, 0.3) is 0 Å². The van der Waals surface area contributed by atoms with Crippen LogP contribution in [-0.4, -0.2) is 24.4 Å². The molecule has 0 radical (unpaired) electrons. The molecule has 2 heterocycles. The Balaban J connectivity index is 1.61. The molecule has 0 fully saturated rings. The molecule has 1 aromatic heterocycles. The summed E-state index contributed by atoms with van der Waals surface area (Å²) in [6.45, 7) is 2.45. The quantitative estimate of drug-likeness (QED) is 0.781. The van der Waals surface area contributed by atoms with Crippen LogP contribution in [0.5, 0.6) is 17.6 Å². The highest BCUT2D eigenvalue weighted by Gasteiger charge is 2.16. The van der Waals surface area contributed by atoms with Crippen molar-refractivity contribution in [2.24, 2.45) is 0 Å². The first-order chi connectivity index (χ1) is 10.3. The lowest BCUT2D eigenvalue weighted by Crippen LogP contribution is -2.05. The summed E-state index contributed by atoms with van der Waals surface area (Å²) in [6, 6.07) is 5.47. The molecule has 0 spiro atoms. The minimum absolute atomic E-state index is 0.00993. The summed E-state index contributed by atoms with van der Waals surface area (Å²) in [5.74, 6) is 0.842. The Morgan fingerprint density at radius 2 is 2.19 bits per heavy atom. The second-order valence-electron chi connectivity index (χ2n) is 4.20. The molecule has 110 valence electrons. The van der Waals surface area contributed by atoms with Gasteiger partial charge in [0.05, 0.1) is 6.61 Å². The highest BCUT2D eigenvalue weighted by Crippen LogP contribution is 2.32. The molecular weight excluding hydrogens is 278 g/mol. The van der Waals surface area contributed by atoms with Crippen molar-refractivity contribution in [3.63, 3.8) is 0 Å². The number of fused-ring (bicyclic) bond motifs is 1. The number of rotatable bonds is 5. The smallest absolute Gasteiger partial charge is 0.394 e. The van der Waals surface area contributed by atoms with Gasteiger partial charge in [-0.3, -0.25) is 0 Å². The Labute approximate surface area is 120 Å². The summed E-state index contributed by atoms with van der Waals surface area (Å²) in [7, 11) is 0. The molecule has 2 aromatic rings. The van der Waals surface area contributed by atoms with Crippen molar-refractivity contribution in [2.75, 3.05) is 13.4 Å². The Hall–Kier alpha value is -2.70. The predicted molar refractivity (Wildman–Crippen MR) is 69.4 cm³/mol. The van der Waals surface area contributed by atoms with Crippen LogP contribution in [-0.2, 0) is 11.3 Å². The molecule has 0 aliphatic carbocycles. The minimum Gasteiger partial charge on any atom is -0.461 e. The highest BCUT2D eigenvalue weighted by molar-refractivity contribution is 5.86. The molecule has 0 saturated heterocycles. The van der Waals surface area contributed by atoms with Crippen LogP contribution in [0.2, 0.25) is 0 Å². The van der Waals surface area contributed by atoms with E-state index in [1.807, 2.05) is 12.1 Å². The Morgan fingerprint density at radius 3 is 3.05 bits per heavy atom. The van der Waals surface area contributed by atoms with Gasteiger partial charge in [0.1, 0.15) is 12.9 Å². The second-order valence-corrected chi connectivity index (χ2v) is 4.20. The van der Waals surface area contributed by atoms with Gasteiger partial charge in [-0.1, -0.05) is 6.07 Å². The number of nitrogens with zero attached hydrogens (tertiary/aromatic N) is 1. The van der Waals surface area contributed by atoms with E-state index < -0.39 is 5.97 Å². The molecule has 1 aliphatic heterocycles. The number of benzene rings is 1. The van der Waals surface area contributed by atoms with Crippen LogP contribution < -0.4 is 14.2 Å². The van der Waals surface area contributed by atoms with E-state index in [1.54, 1.807) is 13.0 Å². The summed E-state index contributed by atoms with van der Waals surface area (Å²) in [5, 5.41) is 0. The highest BCUT2D eigenvalue weighted by atomic mass is 16.7. The van der Waals surface area contributed by atoms with Crippen molar-refractivity contribution in [3.05, 3.63) is 35.7 Å². The number of ether oxygens (including phenoxy) is 4. The first-order valence-corrected chi connectivity index (χ1v) is 6.40. The maximum absolute atomic E-state index is 11.4. The normalized spacial score (nSPS) is 12.2. The molecule has 0 N–H and O–H groups in total. The predicted octanol–water partition coefficient (Wildman–Crippen LogP) is 2.16. The van der Waals surface area contributed by atoms with E-state index >= 15 is 0 Å². The van der Waals surface area contributed by atoms with E-state index in [0.29, 0.717) is 11.5 Å². The third kappa shape index (κ3) is 2.91. The van der Waals surface area contributed by atoms with Crippen LogP contribution in [0, 0.1) is 0 Å². The summed E-state index contributed by atoms with van der Waals surface area (Å²) in [6.07, 6.45) is 1.21. The zero-order valence-electron chi connectivity index (χ0n) is 11.3. The summed E-state index contributed by atoms with van der Waals surface area (Å²) in [4.78, 5) is 15.3. The number of esters is 1. The van der Waals surface area contributed by atoms with Gasteiger partial charge in [0.15, 0.2) is 17.2 Å². The van der Waals surface area contributed by atoms with Crippen molar-refractivity contribution in [1.29, 1.82) is 0 Å². The van der Waals surface area contributed by atoms with Crippen LogP contribution in [0.4, 0.5) is 0 Å². The molecule has 0 saturated carbocycles. The average molecular weight is 291 g/mol. The third-order valence-corrected chi connectivity index (χ3v) is 2.77. The van der Waals surface area contributed by atoms with Crippen molar-refractivity contribution >= 4 is 5.97 Å². The monoisotopic (exact) mass is 291 g/mol. The fourth-order valence-corrected chi connectivity index (χ4v) is 1.80. The SMILES string of the molecule is CCOC(=O)c1coc(OCc2ccc3c(c2)OCO3)n1. The zero-order chi connectivity index (χ0) is 14.7. The Bertz CT molecular complexity index is 651. The van der Waals surface area contributed by atoms with E-state index in [4.69, 9.17) is 23.4 Å². The van der Waals surface area contributed by atoms with Crippen LogP contribution >= 0.6 is 0 Å². The number of carbonyl (C=O) groups is 1. The van der Waals surface area contributed by atoms with Gasteiger partial charge in [-0.2, -0.15) is 4.98 Å². The van der Waals surface area contributed by atoms with E-state index in [1.165, 1.54) is 6.26 Å². The first kappa shape index (κ1) is 13.3. The standard InChI is InChI=1S/C14H13NO6/c1-2-17-13(16)10-7-19-14(15-10)18-6-9-3-4-11-12(5-9)21-8-20-11/h3-5,7H,2,6,8H2,1H3. The fourth-order valence-electron chi connectivity index (χ4n) is 1.80. The number of carbonyl (C=O) groups excluding carboxylic acids is 1. The molecule has 7 nitrogen and oxygen atoms in total. The molecule has 0 atom stereocenters. The number of hydrogen-bond donors (Lipinski definition) is 0. The van der Waals surface area contributed by atoms with E-state index in [2.05, 4.69) is 4.98 Å². The van der Waals surface area contributed by atoms with Crippen LogP contribution in [0.15, 0.2) is 28.9 Å². The van der Waals surface area contributed by atoms with Gasteiger partial charge >= 0.3 is 12.0 Å². The van der Waals surface area contributed by atoms with Gasteiger partial charge in [0, 0.05) is 0 Å². The summed E-state index contributed by atoms with van der Waals surface area (Å²) < 4.78 is 25.7. The largest absolute Gasteiger partial charge is 0.461 e. The van der Waals surface area contributed by atoms with E-state index in [-0.39, 0.29) is 31.8 Å². The number of hydrogen-bond acceptors (Lipinski definition) is 7. The van der Waals surface area contributed by atoms with Gasteiger partial charge < -0.3 is 23.4 Å². The maximum atomic E-state index is 11.4. The molecule has 7 heteroatoms. The maximum Gasteiger partial charge on any atom is 0.394 e. The third-order valence-electron chi connectivity index (χ3n) is 2.77. The summed E-state index contributed by atoms with van der Waals surface area (Å²) >= 11 is 0. The van der Waals surface area contributed by atoms with Gasteiger partial charge in [-0.15, -0.1) is 0 Å². The van der Waals surface area contributed by atoms with Gasteiger partial charge in [-0.25, -0.2) is 4.79 Å². The molecule has 0 amide bonds. The van der Waals surface area contributed by atoms with E-state index in [0.717, 1.165) is 5.56 Å². The molecule has 0 bridgehead atoms. The van der Waals surface area contributed by atoms with Crippen molar-refractivity contribution < 1.29 is 28.2 Å². The zero-order valence-corrected chi connectivity index (χ0v) is 11.3. The minimum atomic E-state index is -0.542. The molecule has 3 rings (SSSR count). The Morgan fingerprint density at radius 1 is 1.33 bits per heavy atom. The Kier molecular flexibility index (Phi) is 3.63. The lowest BCUT2D eigenvalue weighted by Gasteiger charge is -2.03. The molecular formula is C14H13NO6. The molecule has 1 aliphatic rings. The number of oxazole rings is 1. The van der Waals surface area contributed by atoms with Gasteiger partial charge in [0.2, 0.25) is 6.79 Å². The average Bonchev–Trinajstić information content (AvgIpc) is 3.14. The van der Waals surface area contributed by atoms with E-state index in [9.17, 15) is 4.79 Å². The van der Waals surface area contributed by atoms with Crippen molar-refractivity contribution in [1.82, 2.24) is 4.98 Å². The van der Waals surface area contributed by atoms with Crippen LogP contribution in [0.3, 0.4) is 0 Å². The molecule has 1 aromatic carbocycles. The van der Waals surface area contributed by atoms with Crippen molar-refractivity contribution in [2.45, 2.75) is 13.5 Å². The second kappa shape index (κ2) is 5.74. The lowest BCUT2D eigenvalue weighted by atomic mass is 10.2.